The Morgan fingerprint density at radius 2 is 1.97 bits per heavy atom. The van der Waals surface area contributed by atoms with Crippen molar-refractivity contribution in [3.8, 4) is 11.5 Å². The topological polar surface area (TPSA) is 73.9 Å². The van der Waals surface area contributed by atoms with Gasteiger partial charge in [0, 0.05) is 23.2 Å². The van der Waals surface area contributed by atoms with Gasteiger partial charge in [0.25, 0.3) is 0 Å². The van der Waals surface area contributed by atoms with Crippen LogP contribution in [0.3, 0.4) is 0 Å². The van der Waals surface area contributed by atoms with Crippen molar-refractivity contribution in [2.24, 2.45) is 0 Å². The van der Waals surface area contributed by atoms with E-state index in [0.29, 0.717) is 17.2 Å². The van der Waals surface area contributed by atoms with Gasteiger partial charge in [0.1, 0.15) is 0 Å². The molecule has 6 nitrogen and oxygen atoms in total. The molecule has 2 aliphatic rings. The molecule has 1 heterocycles. The molecule has 3 aromatic carbocycles. The van der Waals surface area contributed by atoms with Gasteiger partial charge in [-0.15, -0.1) is 0 Å². The lowest BCUT2D eigenvalue weighted by molar-refractivity contribution is -0.145. The van der Waals surface area contributed by atoms with Crippen molar-refractivity contribution in [1.82, 2.24) is 0 Å². The molecule has 1 unspecified atom stereocenters. The van der Waals surface area contributed by atoms with Gasteiger partial charge in [-0.05, 0) is 59.9 Å². The quantitative estimate of drug-likeness (QED) is 0.419. The largest absolute Gasteiger partial charge is 0.493 e. The zero-order chi connectivity index (χ0) is 24.5. The second kappa shape index (κ2) is 9.62. The van der Waals surface area contributed by atoms with E-state index >= 15 is 0 Å². The van der Waals surface area contributed by atoms with Crippen LogP contribution in [0.15, 0.2) is 54.1 Å². The summed E-state index contributed by atoms with van der Waals surface area (Å²) in [6.45, 7) is 1.72. The highest BCUT2D eigenvalue weighted by molar-refractivity contribution is 6.32. The van der Waals surface area contributed by atoms with E-state index in [2.05, 4.69) is 29.6 Å². The lowest BCUT2D eigenvalue weighted by Crippen LogP contribution is -2.27. The Morgan fingerprint density at radius 3 is 2.77 bits per heavy atom. The number of fused-ring (bicyclic) bond motifs is 4. The number of benzene rings is 3. The summed E-state index contributed by atoms with van der Waals surface area (Å²) >= 11 is 6.60. The first-order valence-corrected chi connectivity index (χ1v) is 12.1. The molecular formula is C28H26ClNO5. The van der Waals surface area contributed by atoms with Crippen LogP contribution in [0.1, 0.15) is 43.4 Å². The van der Waals surface area contributed by atoms with Crippen molar-refractivity contribution in [1.29, 1.82) is 0 Å². The Morgan fingerprint density at radius 1 is 1.14 bits per heavy atom. The summed E-state index contributed by atoms with van der Waals surface area (Å²) in [6.07, 6.45) is 2.19. The van der Waals surface area contributed by atoms with Crippen LogP contribution in [0.4, 0.5) is 5.69 Å². The predicted octanol–water partition coefficient (Wildman–Crippen LogP) is 6.12. The Hall–Kier alpha value is -3.51. The molecule has 0 radical (unpaired) electrons. The number of halogens is 1. The average Bonchev–Trinajstić information content (AvgIpc) is 2.87. The second-order valence-electron chi connectivity index (χ2n) is 8.58. The number of carbonyl (C=O) groups is 2. The molecule has 0 saturated carbocycles. The Labute approximate surface area is 208 Å². The molecule has 0 bridgehead atoms. The van der Waals surface area contributed by atoms with Crippen molar-refractivity contribution in [2.45, 2.75) is 32.2 Å². The first-order chi connectivity index (χ1) is 17.0. The summed E-state index contributed by atoms with van der Waals surface area (Å²) in [5, 5.41) is 6.16. The third kappa shape index (κ3) is 4.23. The summed E-state index contributed by atoms with van der Waals surface area (Å²) in [7, 11) is 1.51. The number of ether oxygens (including phenoxy) is 3. The third-order valence-corrected chi connectivity index (χ3v) is 6.78. The molecule has 1 aliphatic heterocycles. The number of carbonyl (C=O) groups excluding carboxylic acids is 2. The van der Waals surface area contributed by atoms with Gasteiger partial charge in [-0.3, -0.25) is 4.79 Å². The molecule has 1 atom stereocenters. The number of anilines is 1. The van der Waals surface area contributed by atoms with Gasteiger partial charge < -0.3 is 19.5 Å². The van der Waals surface area contributed by atoms with Crippen LogP contribution in [0.2, 0.25) is 5.02 Å². The number of ketones is 1. The van der Waals surface area contributed by atoms with Crippen LogP contribution in [-0.4, -0.2) is 32.1 Å². The maximum Gasteiger partial charge on any atom is 0.344 e. The number of Topliss-reactive ketones (excluding diaryl/α,β-unsaturated/α-hetero) is 1. The van der Waals surface area contributed by atoms with Gasteiger partial charge in [-0.2, -0.15) is 0 Å². The van der Waals surface area contributed by atoms with Crippen molar-refractivity contribution >= 4 is 45.4 Å². The lowest BCUT2D eigenvalue weighted by atomic mass is 9.77. The molecule has 1 N–H and O–H groups in total. The summed E-state index contributed by atoms with van der Waals surface area (Å²) in [4.78, 5) is 25.0. The van der Waals surface area contributed by atoms with Crippen molar-refractivity contribution in [3.63, 3.8) is 0 Å². The number of esters is 1. The van der Waals surface area contributed by atoms with Crippen LogP contribution >= 0.6 is 11.6 Å². The molecule has 180 valence electrons. The van der Waals surface area contributed by atoms with E-state index in [0.717, 1.165) is 51.6 Å². The van der Waals surface area contributed by atoms with E-state index in [4.69, 9.17) is 25.8 Å². The SMILES string of the molecule is CCOC(=O)COc1c(Cl)cc(C2Nc3ccc4ccccc4c3C3=C2C(=O)CCC3)cc1OC. The van der Waals surface area contributed by atoms with Gasteiger partial charge >= 0.3 is 5.97 Å². The fourth-order valence-corrected chi connectivity index (χ4v) is 5.31. The Bertz CT molecular complexity index is 1360. The highest BCUT2D eigenvalue weighted by atomic mass is 35.5. The maximum atomic E-state index is 13.3. The smallest absolute Gasteiger partial charge is 0.344 e. The number of methoxy groups -OCH3 is 1. The minimum atomic E-state index is -0.491. The lowest BCUT2D eigenvalue weighted by Gasteiger charge is -2.35. The summed E-state index contributed by atoms with van der Waals surface area (Å²) in [5.74, 6) is 0.292. The van der Waals surface area contributed by atoms with E-state index in [1.807, 2.05) is 18.2 Å². The number of hydrogen-bond donors (Lipinski definition) is 1. The first kappa shape index (κ1) is 23.2. The summed E-state index contributed by atoms with van der Waals surface area (Å²) < 4.78 is 16.1. The summed E-state index contributed by atoms with van der Waals surface area (Å²) in [6, 6.07) is 15.6. The van der Waals surface area contributed by atoms with E-state index in [1.54, 1.807) is 13.0 Å². The van der Waals surface area contributed by atoms with Crippen molar-refractivity contribution in [3.05, 3.63) is 70.3 Å². The number of allylic oxidation sites excluding steroid dienone is 1. The molecule has 0 amide bonds. The van der Waals surface area contributed by atoms with Crippen molar-refractivity contribution < 1.29 is 23.8 Å². The standard InChI is InChI=1S/C28H26ClNO5/c1-3-34-24(32)15-35-28-20(29)13-17(14-23(28)33-2)27-26-19(9-6-10-22(26)31)25-18-8-5-4-7-16(18)11-12-21(25)30-27/h4-5,7-8,11-14,27,30H,3,6,9-10,15H2,1-2H3. The minimum Gasteiger partial charge on any atom is -0.493 e. The van der Waals surface area contributed by atoms with Crippen LogP contribution in [0.25, 0.3) is 16.3 Å². The van der Waals surface area contributed by atoms with E-state index in [-0.39, 0.29) is 30.8 Å². The Balaban J connectivity index is 1.59. The van der Waals surface area contributed by atoms with Crippen LogP contribution < -0.4 is 14.8 Å². The fourth-order valence-electron chi connectivity index (χ4n) is 5.03. The maximum absolute atomic E-state index is 13.3. The normalized spacial score (nSPS) is 16.9. The first-order valence-electron chi connectivity index (χ1n) is 11.7. The van der Waals surface area contributed by atoms with Gasteiger partial charge in [0.15, 0.2) is 23.9 Å². The second-order valence-corrected chi connectivity index (χ2v) is 8.99. The van der Waals surface area contributed by atoms with E-state index in [9.17, 15) is 9.59 Å². The highest BCUT2D eigenvalue weighted by Gasteiger charge is 2.35. The van der Waals surface area contributed by atoms with E-state index in [1.165, 1.54) is 7.11 Å². The van der Waals surface area contributed by atoms with Gasteiger partial charge in [-0.25, -0.2) is 4.79 Å². The summed E-state index contributed by atoms with van der Waals surface area (Å²) in [5.41, 5.74) is 4.75. The zero-order valence-corrected chi connectivity index (χ0v) is 20.4. The molecule has 5 rings (SSSR count). The number of nitrogens with one attached hydrogen (secondary N) is 1. The molecule has 3 aromatic rings. The predicted molar refractivity (Wildman–Crippen MR) is 136 cm³/mol. The molecule has 35 heavy (non-hydrogen) atoms. The van der Waals surface area contributed by atoms with E-state index < -0.39 is 5.97 Å². The third-order valence-electron chi connectivity index (χ3n) is 6.50. The van der Waals surface area contributed by atoms with Gasteiger partial charge in [0.05, 0.1) is 24.8 Å². The monoisotopic (exact) mass is 491 g/mol. The fraction of sp³-hybridized carbons (Fsp3) is 0.286. The number of hydrogen-bond acceptors (Lipinski definition) is 6. The molecular weight excluding hydrogens is 466 g/mol. The minimum absolute atomic E-state index is 0.139. The van der Waals surface area contributed by atoms with Crippen molar-refractivity contribution in [2.75, 3.05) is 25.6 Å². The van der Waals surface area contributed by atoms with Crippen LogP contribution in [0, 0.1) is 0 Å². The molecule has 0 saturated heterocycles. The molecule has 0 fully saturated rings. The molecule has 0 spiro atoms. The van der Waals surface area contributed by atoms with Gasteiger partial charge in [-0.1, -0.05) is 41.9 Å². The molecule has 1 aliphatic carbocycles. The van der Waals surface area contributed by atoms with Crippen LogP contribution in [-0.2, 0) is 14.3 Å². The molecule has 0 aromatic heterocycles. The highest BCUT2D eigenvalue weighted by Crippen LogP contribution is 2.49. The van der Waals surface area contributed by atoms with Gasteiger partial charge in [0.2, 0.25) is 0 Å². The average molecular weight is 492 g/mol. The number of rotatable bonds is 6. The zero-order valence-electron chi connectivity index (χ0n) is 19.7. The molecule has 7 heteroatoms. The Kier molecular flexibility index (Phi) is 6.39. The van der Waals surface area contributed by atoms with Crippen LogP contribution in [0.5, 0.6) is 11.5 Å².